The molecule has 1 heterocycles. The number of esters is 1. The summed E-state index contributed by atoms with van der Waals surface area (Å²) < 4.78 is 5.02. The summed E-state index contributed by atoms with van der Waals surface area (Å²) in [4.78, 5) is 21.5. The number of aromatic amines is 1. The average molecular weight is 259 g/mol. The van der Waals surface area contributed by atoms with Crippen LogP contribution >= 0.6 is 0 Å². The number of para-hydroxylation sites is 2. The van der Waals surface area contributed by atoms with Crippen molar-refractivity contribution in [3.8, 4) is 0 Å². The minimum atomic E-state index is -0.199. The Morgan fingerprint density at radius 1 is 1.47 bits per heavy atom. The Labute approximate surface area is 111 Å². The third-order valence-corrected chi connectivity index (χ3v) is 3.24. The predicted molar refractivity (Wildman–Crippen MR) is 73.1 cm³/mol. The molecule has 1 fully saturated rings. The summed E-state index contributed by atoms with van der Waals surface area (Å²) >= 11 is 0. The number of carbonyl (C=O) groups is 1. The molecule has 1 N–H and O–H groups in total. The fourth-order valence-electron chi connectivity index (χ4n) is 2.18. The minimum absolute atomic E-state index is 0.199. The number of hydrogen-bond donors (Lipinski definition) is 1. The number of benzene rings is 1. The molecule has 0 saturated heterocycles. The van der Waals surface area contributed by atoms with Crippen LogP contribution < -0.4 is 4.90 Å². The van der Waals surface area contributed by atoms with E-state index in [1.807, 2.05) is 36.1 Å². The summed E-state index contributed by atoms with van der Waals surface area (Å²) in [5, 5.41) is 0. The molecule has 1 saturated carbocycles. The van der Waals surface area contributed by atoms with Crippen LogP contribution in [-0.4, -0.2) is 35.1 Å². The number of nitrogens with zero attached hydrogens (tertiary/aromatic N) is 2. The molecule has 3 rings (SSSR count). The first kappa shape index (κ1) is 12.0. The van der Waals surface area contributed by atoms with E-state index < -0.39 is 0 Å². The van der Waals surface area contributed by atoms with Gasteiger partial charge in [-0.3, -0.25) is 4.79 Å². The SMILES string of the molecule is CCOC(=O)CN(c1nc2ccccc2[nH]1)C1CC1. The molecule has 5 heteroatoms. The molecule has 1 aromatic heterocycles. The Bertz CT molecular complexity index is 556. The summed E-state index contributed by atoms with van der Waals surface area (Å²) in [6, 6.07) is 8.29. The Hall–Kier alpha value is -2.04. The van der Waals surface area contributed by atoms with E-state index >= 15 is 0 Å². The fourth-order valence-corrected chi connectivity index (χ4v) is 2.18. The lowest BCUT2D eigenvalue weighted by atomic mass is 10.3. The van der Waals surface area contributed by atoms with Crippen LogP contribution in [0, 0.1) is 0 Å². The van der Waals surface area contributed by atoms with Gasteiger partial charge in [0.05, 0.1) is 17.6 Å². The molecular formula is C14H17N3O2. The number of ether oxygens (including phenoxy) is 1. The van der Waals surface area contributed by atoms with Crippen molar-refractivity contribution in [2.24, 2.45) is 0 Å². The van der Waals surface area contributed by atoms with Gasteiger partial charge >= 0.3 is 5.97 Å². The second-order valence-electron chi connectivity index (χ2n) is 4.74. The van der Waals surface area contributed by atoms with Gasteiger partial charge in [-0.05, 0) is 31.9 Å². The minimum Gasteiger partial charge on any atom is -0.465 e. The molecule has 0 atom stereocenters. The second kappa shape index (κ2) is 4.91. The van der Waals surface area contributed by atoms with Crippen molar-refractivity contribution < 1.29 is 9.53 Å². The molecule has 0 unspecified atom stereocenters. The lowest BCUT2D eigenvalue weighted by Crippen LogP contribution is -2.33. The summed E-state index contributed by atoms with van der Waals surface area (Å²) in [5.74, 6) is 0.562. The number of carbonyl (C=O) groups excluding carboxylic acids is 1. The van der Waals surface area contributed by atoms with Crippen LogP contribution in [0.15, 0.2) is 24.3 Å². The van der Waals surface area contributed by atoms with Crippen molar-refractivity contribution in [1.82, 2.24) is 9.97 Å². The highest BCUT2D eigenvalue weighted by atomic mass is 16.5. The van der Waals surface area contributed by atoms with Crippen molar-refractivity contribution in [3.05, 3.63) is 24.3 Å². The number of aromatic nitrogens is 2. The van der Waals surface area contributed by atoms with E-state index in [2.05, 4.69) is 9.97 Å². The second-order valence-corrected chi connectivity index (χ2v) is 4.74. The van der Waals surface area contributed by atoms with Crippen molar-refractivity contribution in [3.63, 3.8) is 0 Å². The Morgan fingerprint density at radius 3 is 2.95 bits per heavy atom. The molecule has 0 amide bonds. The molecule has 1 aromatic carbocycles. The molecule has 0 aliphatic heterocycles. The van der Waals surface area contributed by atoms with E-state index in [9.17, 15) is 4.79 Å². The first-order valence-corrected chi connectivity index (χ1v) is 6.65. The normalized spacial score (nSPS) is 14.6. The van der Waals surface area contributed by atoms with Gasteiger partial charge in [-0.2, -0.15) is 0 Å². The van der Waals surface area contributed by atoms with Crippen LogP contribution in [0.3, 0.4) is 0 Å². The summed E-state index contributed by atoms with van der Waals surface area (Å²) in [5.41, 5.74) is 1.92. The van der Waals surface area contributed by atoms with Crippen molar-refractivity contribution >= 4 is 23.0 Å². The maximum Gasteiger partial charge on any atom is 0.325 e. The van der Waals surface area contributed by atoms with Gasteiger partial charge in [-0.15, -0.1) is 0 Å². The Morgan fingerprint density at radius 2 is 2.26 bits per heavy atom. The van der Waals surface area contributed by atoms with Gasteiger partial charge in [-0.1, -0.05) is 12.1 Å². The number of imidazole rings is 1. The van der Waals surface area contributed by atoms with Gasteiger partial charge in [-0.25, -0.2) is 4.98 Å². The lowest BCUT2D eigenvalue weighted by molar-refractivity contribution is -0.141. The van der Waals surface area contributed by atoms with Crippen molar-refractivity contribution in [2.45, 2.75) is 25.8 Å². The summed E-state index contributed by atoms with van der Waals surface area (Å²) in [6.45, 7) is 2.50. The van der Waals surface area contributed by atoms with Crippen LogP contribution in [0.5, 0.6) is 0 Å². The molecule has 0 radical (unpaired) electrons. The van der Waals surface area contributed by atoms with Gasteiger partial charge < -0.3 is 14.6 Å². The number of nitrogens with one attached hydrogen (secondary N) is 1. The van der Waals surface area contributed by atoms with Crippen LogP contribution in [0.4, 0.5) is 5.95 Å². The van der Waals surface area contributed by atoms with E-state index in [1.165, 1.54) is 0 Å². The third kappa shape index (κ3) is 2.54. The highest BCUT2D eigenvalue weighted by Gasteiger charge is 2.32. The highest BCUT2D eigenvalue weighted by molar-refractivity contribution is 5.80. The number of hydrogen-bond acceptors (Lipinski definition) is 4. The molecular weight excluding hydrogens is 242 g/mol. The molecule has 0 spiro atoms. The monoisotopic (exact) mass is 259 g/mol. The maximum absolute atomic E-state index is 11.7. The van der Waals surface area contributed by atoms with Crippen LogP contribution in [0.2, 0.25) is 0 Å². The van der Waals surface area contributed by atoms with Crippen LogP contribution in [0.25, 0.3) is 11.0 Å². The number of anilines is 1. The van der Waals surface area contributed by atoms with Gasteiger partial charge in [0.15, 0.2) is 0 Å². The largest absolute Gasteiger partial charge is 0.465 e. The van der Waals surface area contributed by atoms with Gasteiger partial charge in [0.1, 0.15) is 6.54 Å². The van der Waals surface area contributed by atoms with Crippen LogP contribution in [0.1, 0.15) is 19.8 Å². The maximum atomic E-state index is 11.7. The van der Waals surface area contributed by atoms with E-state index in [-0.39, 0.29) is 12.5 Å². The molecule has 1 aliphatic rings. The van der Waals surface area contributed by atoms with Crippen molar-refractivity contribution in [1.29, 1.82) is 0 Å². The van der Waals surface area contributed by atoms with E-state index in [0.717, 1.165) is 29.8 Å². The standard InChI is InChI=1S/C14H17N3O2/c1-2-19-13(18)9-17(10-7-8-10)14-15-11-5-3-4-6-12(11)16-14/h3-6,10H,2,7-9H2,1H3,(H,15,16). The fraction of sp³-hybridized carbons (Fsp3) is 0.429. The zero-order valence-electron chi connectivity index (χ0n) is 10.9. The number of fused-ring (bicyclic) bond motifs is 1. The van der Waals surface area contributed by atoms with Gasteiger partial charge in [0, 0.05) is 6.04 Å². The van der Waals surface area contributed by atoms with Gasteiger partial charge in [0.25, 0.3) is 0 Å². The van der Waals surface area contributed by atoms with E-state index in [1.54, 1.807) is 0 Å². The zero-order valence-corrected chi connectivity index (χ0v) is 10.9. The topological polar surface area (TPSA) is 58.2 Å². The Balaban J connectivity index is 1.84. The number of H-pyrrole nitrogens is 1. The zero-order chi connectivity index (χ0) is 13.2. The molecule has 5 nitrogen and oxygen atoms in total. The molecule has 0 bridgehead atoms. The smallest absolute Gasteiger partial charge is 0.325 e. The average Bonchev–Trinajstić information content (AvgIpc) is 3.14. The van der Waals surface area contributed by atoms with Crippen LogP contribution in [-0.2, 0) is 9.53 Å². The number of rotatable bonds is 5. The first-order valence-electron chi connectivity index (χ1n) is 6.65. The first-order chi connectivity index (χ1) is 9.28. The predicted octanol–water partition coefficient (Wildman–Crippen LogP) is 2.09. The third-order valence-electron chi connectivity index (χ3n) is 3.24. The molecule has 2 aromatic rings. The summed E-state index contributed by atoms with van der Waals surface area (Å²) in [6.07, 6.45) is 2.22. The quantitative estimate of drug-likeness (QED) is 0.835. The van der Waals surface area contributed by atoms with E-state index in [4.69, 9.17) is 4.74 Å². The highest BCUT2D eigenvalue weighted by Crippen LogP contribution is 2.30. The molecule has 1 aliphatic carbocycles. The summed E-state index contributed by atoms with van der Waals surface area (Å²) in [7, 11) is 0. The molecule has 100 valence electrons. The molecule has 19 heavy (non-hydrogen) atoms. The Kier molecular flexibility index (Phi) is 3.11. The van der Waals surface area contributed by atoms with Gasteiger partial charge in [0.2, 0.25) is 5.95 Å². The van der Waals surface area contributed by atoms with E-state index in [0.29, 0.717) is 12.6 Å². The van der Waals surface area contributed by atoms with Crippen molar-refractivity contribution in [2.75, 3.05) is 18.1 Å². The lowest BCUT2D eigenvalue weighted by Gasteiger charge is -2.20.